The van der Waals surface area contributed by atoms with Crippen LogP contribution in [0.5, 0.6) is 0 Å². The number of aryl methyl sites for hydroxylation is 2. The van der Waals surface area contributed by atoms with E-state index in [1.165, 1.54) is 12.1 Å². The van der Waals surface area contributed by atoms with Crippen molar-refractivity contribution in [2.45, 2.75) is 26.8 Å². The highest BCUT2D eigenvalue weighted by atomic mass is 79.9. The van der Waals surface area contributed by atoms with Crippen LogP contribution >= 0.6 is 15.9 Å². The molecule has 0 bridgehead atoms. The van der Waals surface area contributed by atoms with Crippen molar-refractivity contribution < 1.29 is 8.78 Å². The van der Waals surface area contributed by atoms with Gasteiger partial charge in [-0.15, -0.1) is 0 Å². The Morgan fingerprint density at radius 1 is 1.05 bits per heavy atom. The van der Waals surface area contributed by atoms with Gasteiger partial charge in [0.25, 0.3) is 0 Å². The number of hydrogen-bond acceptors (Lipinski definition) is 1. The summed E-state index contributed by atoms with van der Waals surface area (Å²) in [6.45, 7) is 5.85. The van der Waals surface area contributed by atoms with Crippen molar-refractivity contribution in [1.29, 1.82) is 0 Å². The Balaban J connectivity index is 2.30. The van der Waals surface area contributed by atoms with Gasteiger partial charge in [0.15, 0.2) is 0 Å². The summed E-state index contributed by atoms with van der Waals surface area (Å²) in [5, 5.41) is 3.30. The van der Waals surface area contributed by atoms with Crippen LogP contribution in [0, 0.1) is 25.5 Å². The number of nitrogens with one attached hydrogen (secondary N) is 1. The SMILES string of the molecule is Cc1cc(Br)cc(C)c1NC(C)c1ccc(F)cc1F. The first kappa shape index (κ1) is 15.0. The molecule has 0 radical (unpaired) electrons. The Kier molecular flexibility index (Phi) is 4.43. The first-order valence-electron chi connectivity index (χ1n) is 6.36. The molecule has 0 aromatic heterocycles. The van der Waals surface area contributed by atoms with E-state index < -0.39 is 11.6 Å². The summed E-state index contributed by atoms with van der Waals surface area (Å²) >= 11 is 3.45. The molecule has 0 heterocycles. The minimum atomic E-state index is -0.561. The van der Waals surface area contributed by atoms with Crippen molar-refractivity contribution in [3.8, 4) is 0 Å². The Morgan fingerprint density at radius 2 is 1.65 bits per heavy atom. The summed E-state index contributed by atoms with van der Waals surface area (Å²) in [6.07, 6.45) is 0. The largest absolute Gasteiger partial charge is 0.378 e. The fourth-order valence-corrected chi connectivity index (χ4v) is 2.97. The molecule has 4 heteroatoms. The molecule has 0 saturated heterocycles. The van der Waals surface area contributed by atoms with Gasteiger partial charge in [0.2, 0.25) is 0 Å². The smallest absolute Gasteiger partial charge is 0.131 e. The second-order valence-electron chi connectivity index (χ2n) is 4.95. The molecule has 106 valence electrons. The molecule has 0 amide bonds. The highest BCUT2D eigenvalue weighted by Gasteiger charge is 2.14. The van der Waals surface area contributed by atoms with Crippen molar-refractivity contribution in [3.05, 3.63) is 63.1 Å². The van der Waals surface area contributed by atoms with E-state index in [2.05, 4.69) is 21.2 Å². The zero-order chi connectivity index (χ0) is 14.9. The summed E-state index contributed by atoms with van der Waals surface area (Å²) < 4.78 is 27.7. The molecule has 1 atom stereocenters. The lowest BCUT2D eigenvalue weighted by molar-refractivity contribution is 0.566. The fourth-order valence-electron chi connectivity index (χ4n) is 2.29. The number of benzene rings is 2. The highest BCUT2D eigenvalue weighted by molar-refractivity contribution is 9.10. The van der Waals surface area contributed by atoms with Crippen LogP contribution in [-0.4, -0.2) is 0 Å². The first-order valence-corrected chi connectivity index (χ1v) is 7.16. The van der Waals surface area contributed by atoms with E-state index in [-0.39, 0.29) is 6.04 Å². The summed E-state index contributed by atoms with van der Waals surface area (Å²) in [6, 6.07) is 7.43. The van der Waals surface area contributed by atoms with E-state index in [1.807, 2.05) is 32.9 Å². The molecule has 20 heavy (non-hydrogen) atoms. The van der Waals surface area contributed by atoms with Crippen LogP contribution in [0.1, 0.15) is 29.7 Å². The van der Waals surface area contributed by atoms with E-state index in [9.17, 15) is 8.78 Å². The predicted octanol–water partition coefficient (Wildman–Crippen LogP) is 5.52. The Bertz CT molecular complexity index is 617. The lowest BCUT2D eigenvalue weighted by Crippen LogP contribution is -2.11. The van der Waals surface area contributed by atoms with Crippen molar-refractivity contribution in [2.24, 2.45) is 0 Å². The average molecular weight is 340 g/mol. The second kappa shape index (κ2) is 5.92. The van der Waals surface area contributed by atoms with Gasteiger partial charge in [0, 0.05) is 21.8 Å². The van der Waals surface area contributed by atoms with Gasteiger partial charge in [-0.1, -0.05) is 22.0 Å². The zero-order valence-electron chi connectivity index (χ0n) is 11.6. The Labute approximate surface area is 126 Å². The van der Waals surface area contributed by atoms with E-state index in [0.717, 1.165) is 27.4 Å². The summed E-state index contributed by atoms with van der Waals surface area (Å²) in [5.74, 6) is -1.09. The molecule has 0 fully saturated rings. The van der Waals surface area contributed by atoms with Gasteiger partial charge in [0.05, 0.1) is 6.04 Å². The highest BCUT2D eigenvalue weighted by Crippen LogP contribution is 2.29. The fraction of sp³-hybridized carbons (Fsp3) is 0.250. The van der Waals surface area contributed by atoms with Gasteiger partial charge >= 0.3 is 0 Å². The Morgan fingerprint density at radius 3 is 2.20 bits per heavy atom. The van der Waals surface area contributed by atoms with Crippen LogP contribution in [-0.2, 0) is 0 Å². The molecule has 0 spiro atoms. The normalized spacial score (nSPS) is 12.3. The minimum absolute atomic E-state index is 0.242. The van der Waals surface area contributed by atoms with Gasteiger partial charge in [-0.05, 0) is 50.1 Å². The van der Waals surface area contributed by atoms with Gasteiger partial charge in [-0.3, -0.25) is 0 Å². The van der Waals surface area contributed by atoms with Crippen molar-refractivity contribution in [3.63, 3.8) is 0 Å². The minimum Gasteiger partial charge on any atom is -0.378 e. The molecule has 2 rings (SSSR count). The van der Waals surface area contributed by atoms with Gasteiger partial charge in [0.1, 0.15) is 11.6 Å². The number of hydrogen-bond donors (Lipinski definition) is 1. The topological polar surface area (TPSA) is 12.0 Å². The van der Waals surface area contributed by atoms with E-state index >= 15 is 0 Å². The monoisotopic (exact) mass is 339 g/mol. The van der Waals surface area contributed by atoms with E-state index in [0.29, 0.717) is 5.56 Å². The van der Waals surface area contributed by atoms with Crippen molar-refractivity contribution in [1.82, 2.24) is 0 Å². The summed E-state index contributed by atoms with van der Waals surface area (Å²) in [7, 11) is 0. The van der Waals surface area contributed by atoms with Gasteiger partial charge in [-0.2, -0.15) is 0 Å². The van der Waals surface area contributed by atoms with Crippen molar-refractivity contribution >= 4 is 21.6 Å². The Hall–Kier alpha value is -1.42. The maximum Gasteiger partial charge on any atom is 0.131 e. The van der Waals surface area contributed by atoms with Crippen molar-refractivity contribution in [2.75, 3.05) is 5.32 Å². The average Bonchev–Trinajstić information content (AvgIpc) is 2.33. The lowest BCUT2D eigenvalue weighted by atomic mass is 10.0. The maximum atomic E-state index is 13.8. The molecule has 0 aliphatic rings. The summed E-state index contributed by atoms with van der Waals surface area (Å²) in [4.78, 5) is 0. The maximum absolute atomic E-state index is 13.8. The molecule has 0 aliphatic carbocycles. The molecule has 1 nitrogen and oxygen atoms in total. The second-order valence-corrected chi connectivity index (χ2v) is 5.86. The summed E-state index contributed by atoms with van der Waals surface area (Å²) in [5.41, 5.74) is 3.58. The van der Waals surface area contributed by atoms with Crippen LogP contribution < -0.4 is 5.32 Å². The molecule has 0 saturated carbocycles. The molecular formula is C16H16BrF2N. The van der Waals surface area contributed by atoms with Crippen LogP contribution in [0.4, 0.5) is 14.5 Å². The number of anilines is 1. The molecule has 2 aromatic rings. The quantitative estimate of drug-likeness (QED) is 0.776. The van der Waals surface area contributed by atoms with Crippen LogP contribution in [0.25, 0.3) is 0 Å². The first-order chi connectivity index (χ1) is 9.38. The third kappa shape index (κ3) is 3.18. The number of halogens is 3. The molecular weight excluding hydrogens is 324 g/mol. The standard InChI is InChI=1S/C16H16BrF2N/c1-9-6-12(17)7-10(2)16(9)20-11(3)14-5-4-13(18)8-15(14)19/h4-8,11,20H,1-3H3. The van der Waals surface area contributed by atoms with Crippen LogP contribution in [0.3, 0.4) is 0 Å². The van der Waals surface area contributed by atoms with Gasteiger partial charge < -0.3 is 5.32 Å². The third-order valence-corrected chi connectivity index (χ3v) is 3.75. The molecule has 1 unspecified atom stereocenters. The van der Waals surface area contributed by atoms with Crippen LogP contribution in [0.15, 0.2) is 34.8 Å². The molecule has 0 aliphatic heterocycles. The number of rotatable bonds is 3. The molecule has 2 aromatic carbocycles. The predicted molar refractivity (Wildman–Crippen MR) is 82.0 cm³/mol. The van der Waals surface area contributed by atoms with E-state index in [4.69, 9.17) is 0 Å². The van der Waals surface area contributed by atoms with Gasteiger partial charge in [-0.25, -0.2) is 8.78 Å². The lowest BCUT2D eigenvalue weighted by Gasteiger charge is -2.20. The molecule has 1 N–H and O–H groups in total. The zero-order valence-corrected chi connectivity index (χ0v) is 13.2. The third-order valence-electron chi connectivity index (χ3n) is 3.29. The van der Waals surface area contributed by atoms with Crippen LogP contribution in [0.2, 0.25) is 0 Å². The van der Waals surface area contributed by atoms with E-state index in [1.54, 1.807) is 0 Å².